The minimum absolute atomic E-state index is 0.398. The van der Waals surface area contributed by atoms with Crippen LogP contribution in [0.5, 0.6) is 0 Å². The molecule has 3 N–H and O–H groups in total. The molecule has 2 aromatic rings. The van der Waals surface area contributed by atoms with Gasteiger partial charge in [-0.2, -0.15) is 0 Å². The molecule has 5 nitrogen and oxygen atoms in total. The maximum absolute atomic E-state index is 5.53. The Kier molecular flexibility index (Phi) is 3.26. The standard InChI is InChI=1S/C11H15N5/c1-8(6-12)7-13-11-14-9-4-2-3-5-10(9)15-16-11/h2-5,8H,6-7,12H2,1H3,(H,13,14,16). The van der Waals surface area contributed by atoms with Crippen LogP contribution in [0.4, 0.5) is 5.95 Å². The number of hydrogen-bond acceptors (Lipinski definition) is 5. The van der Waals surface area contributed by atoms with Crippen LogP contribution in [0.3, 0.4) is 0 Å². The number of fused-ring (bicyclic) bond motifs is 1. The van der Waals surface area contributed by atoms with Gasteiger partial charge in [-0.05, 0) is 24.6 Å². The van der Waals surface area contributed by atoms with Crippen LogP contribution in [-0.2, 0) is 0 Å². The number of benzene rings is 1. The summed E-state index contributed by atoms with van der Waals surface area (Å²) in [4.78, 5) is 4.36. The Morgan fingerprint density at radius 1 is 1.25 bits per heavy atom. The fraction of sp³-hybridized carbons (Fsp3) is 0.364. The number of hydrogen-bond donors (Lipinski definition) is 2. The summed E-state index contributed by atoms with van der Waals surface area (Å²) < 4.78 is 0. The molecule has 0 aliphatic heterocycles. The van der Waals surface area contributed by atoms with E-state index in [1.54, 1.807) is 0 Å². The average Bonchev–Trinajstić information content (AvgIpc) is 2.35. The third-order valence-corrected chi connectivity index (χ3v) is 2.37. The van der Waals surface area contributed by atoms with Gasteiger partial charge in [0.1, 0.15) is 5.52 Å². The monoisotopic (exact) mass is 217 g/mol. The second-order valence-electron chi connectivity index (χ2n) is 3.85. The normalized spacial score (nSPS) is 12.6. The van der Waals surface area contributed by atoms with Crippen LogP contribution in [0, 0.1) is 5.92 Å². The summed E-state index contributed by atoms with van der Waals surface area (Å²) >= 11 is 0. The first-order valence-corrected chi connectivity index (χ1v) is 5.33. The lowest BCUT2D eigenvalue weighted by molar-refractivity contribution is 0.625. The second kappa shape index (κ2) is 4.85. The fourth-order valence-corrected chi connectivity index (χ4v) is 1.30. The Balaban J connectivity index is 2.13. The molecule has 1 aromatic carbocycles. The topological polar surface area (TPSA) is 76.7 Å². The van der Waals surface area contributed by atoms with Crippen molar-refractivity contribution >= 4 is 17.0 Å². The molecule has 0 radical (unpaired) electrons. The van der Waals surface area contributed by atoms with E-state index in [0.29, 0.717) is 18.4 Å². The third-order valence-electron chi connectivity index (χ3n) is 2.37. The lowest BCUT2D eigenvalue weighted by atomic mass is 10.2. The smallest absolute Gasteiger partial charge is 0.243 e. The Bertz CT molecular complexity index is 471. The highest BCUT2D eigenvalue weighted by atomic mass is 15.2. The molecular formula is C11H15N5. The Morgan fingerprint density at radius 3 is 2.75 bits per heavy atom. The van der Waals surface area contributed by atoms with Crippen molar-refractivity contribution in [3.05, 3.63) is 24.3 Å². The van der Waals surface area contributed by atoms with Crippen molar-refractivity contribution in [2.75, 3.05) is 18.4 Å². The zero-order chi connectivity index (χ0) is 11.4. The minimum atomic E-state index is 0.398. The molecule has 16 heavy (non-hydrogen) atoms. The highest BCUT2D eigenvalue weighted by Gasteiger charge is 2.02. The zero-order valence-corrected chi connectivity index (χ0v) is 9.22. The van der Waals surface area contributed by atoms with Crippen molar-refractivity contribution in [3.63, 3.8) is 0 Å². The van der Waals surface area contributed by atoms with Crippen molar-refractivity contribution in [1.82, 2.24) is 15.2 Å². The van der Waals surface area contributed by atoms with E-state index in [2.05, 4.69) is 27.4 Å². The number of nitrogens with zero attached hydrogens (tertiary/aromatic N) is 3. The van der Waals surface area contributed by atoms with Gasteiger partial charge in [0.15, 0.2) is 0 Å². The summed E-state index contributed by atoms with van der Waals surface area (Å²) in [5.41, 5.74) is 7.18. The van der Waals surface area contributed by atoms with Crippen LogP contribution < -0.4 is 11.1 Å². The summed E-state index contributed by atoms with van der Waals surface area (Å²) in [7, 11) is 0. The molecule has 0 aliphatic carbocycles. The lowest BCUT2D eigenvalue weighted by Gasteiger charge is -2.09. The number of rotatable bonds is 4. The molecule has 5 heteroatoms. The molecule has 1 atom stereocenters. The molecule has 0 amide bonds. The van der Waals surface area contributed by atoms with Gasteiger partial charge in [-0.25, -0.2) is 4.98 Å². The summed E-state index contributed by atoms with van der Waals surface area (Å²) in [5, 5.41) is 11.2. The predicted octanol–water partition coefficient (Wildman–Crippen LogP) is 1.03. The predicted molar refractivity (Wildman–Crippen MR) is 64.0 cm³/mol. The van der Waals surface area contributed by atoms with Crippen molar-refractivity contribution in [3.8, 4) is 0 Å². The zero-order valence-electron chi connectivity index (χ0n) is 9.22. The van der Waals surface area contributed by atoms with Crippen molar-refractivity contribution in [2.24, 2.45) is 11.7 Å². The molecule has 0 bridgehead atoms. The molecule has 0 fully saturated rings. The van der Waals surface area contributed by atoms with Gasteiger partial charge in [0.05, 0.1) is 5.52 Å². The van der Waals surface area contributed by atoms with E-state index in [4.69, 9.17) is 5.73 Å². The van der Waals surface area contributed by atoms with E-state index < -0.39 is 0 Å². The highest BCUT2D eigenvalue weighted by Crippen LogP contribution is 2.08. The first kappa shape index (κ1) is 10.8. The summed E-state index contributed by atoms with van der Waals surface area (Å²) in [6.07, 6.45) is 0. The van der Waals surface area contributed by atoms with E-state index in [-0.39, 0.29) is 0 Å². The molecule has 0 aliphatic rings. The number of anilines is 1. The van der Waals surface area contributed by atoms with Crippen LogP contribution in [0.1, 0.15) is 6.92 Å². The van der Waals surface area contributed by atoms with E-state index in [9.17, 15) is 0 Å². The molecule has 1 aromatic heterocycles. The summed E-state index contributed by atoms with van der Waals surface area (Å²) in [6.45, 7) is 3.48. The van der Waals surface area contributed by atoms with Crippen LogP contribution in [-0.4, -0.2) is 28.3 Å². The van der Waals surface area contributed by atoms with Gasteiger partial charge in [-0.3, -0.25) is 0 Å². The summed E-state index contributed by atoms with van der Waals surface area (Å²) in [5.74, 6) is 0.953. The van der Waals surface area contributed by atoms with Crippen LogP contribution in [0.15, 0.2) is 24.3 Å². The molecule has 2 rings (SSSR count). The highest BCUT2D eigenvalue weighted by molar-refractivity contribution is 5.73. The first-order chi connectivity index (χ1) is 7.79. The molecule has 1 unspecified atom stereocenters. The largest absolute Gasteiger partial charge is 0.353 e. The van der Waals surface area contributed by atoms with Crippen LogP contribution in [0.2, 0.25) is 0 Å². The fourth-order valence-electron chi connectivity index (χ4n) is 1.30. The average molecular weight is 217 g/mol. The molecule has 0 saturated heterocycles. The van der Waals surface area contributed by atoms with Gasteiger partial charge in [-0.1, -0.05) is 19.1 Å². The summed E-state index contributed by atoms with van der Waals surface area (Å²) in [6, 6.07) is 7.66. The van der Waals surface area contributed by atoms with E-state index in [1.165, 1.54) is 0 Å². The number of aromatic nitrogens is 3. The van der Waals surface area contributed by atoms with Gasteiger partial charge in [0.25, 0.3) is 0 Å². The maximum atomic E-state index is 5.53. The van der Waals surface area contributed by atoms with E-state index in [1.807, 2.05) is 24.3 Å². The quantitative estimate of drug-likeness (QED) is 0.800. The van der Waals surface area contributed by atoms with Gasteiger partial charge < -0.3 is 11.1 Å². The van der Waals surface area contributed by atoms with Gasteiger partial charge in [0.2, 0.25) is 5.95 Å². The Morgan fingerprint density at radius 2 is 2.00 bits per heavy atom. The van der Waals surface area contributed by atoms with Gasteiger partial charge in [-0.15, -0.1) is 10.2 Å². The first-order valence-electron chi connectivity index (χ1n) is 5.33. The minimum Gasteiger partial charge on any atom is -0.353 e. The molecule has 0 saturated carbocycles. The molecule has 0 spiro atoms. The number of nitrogens with one attached hydrogen (secondary N) is 1. The third kappa shape index (κ3) is 2.43. The molecule has 1 heterocycles. The number of nitrogens with two attached hydrogens (primary N) is 1. The Labute approximate surface area is 94.1 Å². The van der Waals surface area contributed by atoms with Crippen LogP contribution >= 0.6 is 0 Å². The van der Waals surface area contributed by atoms with Gasteiger partial charge in [0, 0.05) is 6.54 Å². The molecular weight excluding hydrogens is 202 g/mol. The van der Waals surface area contributed by atoms with E-state index >= 15 is 0 Å². The maximum Gasteiger partial charge on any atom is 0.243 e. The Hall–Kier alpha value is -1.75. The lowest BCUT2D eigenvalue weighted by Crippen LogP contribution is -2.20. The van der Waals surface area contributed by atoms with Gasteiger partial charge >= 0.3 is 0 Å². The molecule has 84 valence electrons. The van der Waals surface area contributed by atoms with Crippen molar-refractivity contribution < 1.29 is 0 Å². The number of para-hydroxylation sites is 1. The van der Waals surface area contributed by atoms with Crippen molar-refractivity contribution in [1.29, 1.82) is 0 Å². The SMILES string of the molecule is CC(CN)CNc1nnc2ccccc2n1. The van der Waals surface area contributed by atoms with E-state index in [0.717, 1.165) is 17.6 Å². The second-order valence-corrected chi connectivity index (χ2v) is 3.85. The van der Waals surface area contributed by atoms with Crippen molar-refractivity contribution in [2.45, 2.75) is 6.92 Å². The van der Waals surface area contributed by atoms with Crippen LogP contribution in [0.25, 0.3) is 11.0 Å².